The Morgan fingerprint density at radius 3 is 2.55 bits per heavy atom. The highest BCUT2D eigenvalue weighted by atomic mass is 35.5. The van der Waals surface area contributed by atoms with Crippen LogP contribution in [0.3, 0.4) is 0 Å². The Bertz CT molecular complexity index is 830. The van der Waals surface area contributed by atoms with Gasteiger partial charge in [-0.3, -0.25) is 10.1 Å². The third kappa shape index (κ3) is 7.05. The van der Waals surface area contributed by atoms with Gasteiger partial charge in [-0.15, -0.1) is 0 Å². The van der Waals surface area contributed by atoms with Crippen LogP contribution >= 0.6 is 11.6 Å². The number of hydrogen-bond acceptors (Lipinski definition) is 4. The molecule has 2 aromatic rings. The van der Waals surface area contributed by atoms with Crippen LogP contribution in [-0.2, 0) is 6.54 Å². The van der Waals surface area contributed by atoms with E-state index >= 15 is 0 Å². The molecule has 0 amide bonds. The number of halogens is 1. The molecule has 160 valence electrons. The minimum atomic E-state index is -0.504. The number of rotatable bonds is 11. The predicted octanol–water partition coefficient (Wildman–Crippen LogP) is 6.10. The second-order valence-corrected chi connectivity index (χ2v) is 8.92. The van der Waals surface area contributed by atoms with E-state index in [9.17, 15) is 10.1 Å². The lowest BCUT2D eigenvalue weighted by Crippen LogP contribution is -2.39. The SMILES string of the molecule is Cc1cc(OCCCCC[N+](C)(C)Cc2ccc([N+](=O)[O-])o2)c(C(C)C)cc1Cl. The van der Waals surface area contributed by atoms with E-state index in [1.807, 2.05) is 19.1 Å². The van der Waals surface area contributed by atoms with Gasteiger partial charge in [-0.1, -0.05) is 25.4 Å². The maximum absolute atomic E-state index is 10.7. The molecule has 0 bridgehead atoms. The van der Waals surface area contributed by atoms with Crippen LogP contribution in [0.25, 0.3) is 0 Å². The summed E-state index contributed by atoms with van der Waals surface area (Å²) in [6.45, 7) is 8.55. The molecule has 1 aromatic heterocycles. The quantitative estimate of drug-likeness (QED) is 0.189. The molecule has 0 aliphatic rings. The molecule has 0 N–H and O–H groups in total. The lowest BCUT2D eigenvalue weighted by molar-refractivity contribution is -0.904. The average molecular weight is 424 g/mol. The van der Waals surface area contributed by atoms with Crippen LogP contribution < -0.4 is 4.74 Å². The van der Waals surface area contributed by atoms with E-state index in [-0.39, 0.29) is 5.88 Å². The third-order valence-electron chi connectivity index (χ3n) is 4.99. The van der Waals surface area contributed by atoms with Gasteiger partial charge in [0.2, 0.25) is 0 Å². The van der Waals surface area contributed by atoms with Crippen molar-refractivity contribution in [2.24, 2.45) is 0 Å². The van der Waals surface area contributed by atoms with E-state index in [2.05, 4.69) is 27.9 Å². The molecule has 0 radical (unpaired) electrons. The fraction of sp³-hybridized carbons (Fsp3) is 0.545. The van der Waals surface area contributed by atoms with Crippen molar-refractivity contribution >= 4 is 17.5 Å². The molecule has 0 saturated carbocycles. The molecular formula is C22H32ClN2O4+. The monoisotopic (exact) mass is 423 g/mol. The molecule has 0 spiro atoms. The zero-order valence-corrected chi connectivity index (χ0v) is 18.8. The zero-order valence-electron chi connectivity index (χ0n) is 18.0. The van der Waals surface area contributed by atoms with Crippen LogP contribution in [0.5, 0.6) is 5.75 Å². The molecule has 6 nitrogen and oxygen atoms in total. The molecule has 2 rings (SSSR count). The van der Waals surface area contributed by atoms with Crippen LogP contribution in [0.2, 0.25) is 5.02 Å². The number of nitro groups is 1. The lowest BCUT2D eigenvalue weighted by Gasteiger charge is -2.28. The molecule has 0 saturated heterocycles. The molecule has 1 aromatic carbocycles. The van der Waals surface area contributed by atoms with Gasteiger partial charge in [0.15, 0.2) is 5.76 Å². The highest BCUT2D eigenvalue weighted by molar-refractivity contribution is 6.31. The number of unbranched alkanes of at least 4 members (excludes halogenated alkanes) is 2. The summed E-state index contributed by atoms with van der Waals surface area (Å²) >= 11 is 6.25. The Kier molecular flexibility index (Phi) is 8.11. The van der Waals surface area contributed by atoms with Crippen molar-refractivity contribution in [3.05, 3.63) is 56.3 Å². The number of quaternary nitrogens is 1. The highest BCUT2D eigenvalue weighted by Crippen LogP contribution is 2.32. The van der Waals surface area contributed by atoms with Crippen molar-refractivity contribution in [3.63, 3.8) is 0 Å². The Hall–Kier alpha value is -2.05. The van der Waals surface area contributed by atoms with Crippen LogP contribution in [0.4, 0.5) is 5.88 Å². The van der Waals surface area contributed by atoms with Crippen LogP contribution in [0.15, 0.2) is 28.7 Å². The van der Waals surface area contributed by atoms with E-state index in [1.54, 1.807) is 6.07 Å². The summed E-state index contributed by atoms with van der Waals surface area (Å²) in [7, 11) is 4.21. The van der Waals surface area contributed by atoms with E-state index in [1.165, 1.54) is 6.07 Å². The molecule has 7 heteroatoms. The molecule has 1 heterocycles. The summed E-state index contributed by atoms with van der Waals surface area (Å²) in [6, 6.07) is 7.14. The van der Waals surface area contributed by atoms with Gasteiger partial charge in [0.1, 0.15) is 17.2 Å². The smallest absolute Gasteiger partial charge is 0.433 e. The van der Waals surface area contributed by atoms with E-state index < -0.39 is 4.92 Å². The Labute approximate surface area is 178 Å². The summed E-state index contributed by atoms with van der Waals surface area (Å²) in [4.78, 5) is 10.2. The first kappa shape index (κ1) is 23.2. The topological polar surface area (TPSA) is 65.5 Å². The Balaban J connectivity index is 1.75. The first-order chi connectivity index (χ1) is 13.6. The second-order valence-electron chi connectivity index (χ2n) is 8.52. The fourth-order valence-electron chi connectivity index (χ4n) is 3.30. The van der Waals surface area contributed by atoms with Crippen molar-refractivity contribution in [2.45, 2.75) is 52.5 Å². The number of hydrogen-bond donors (Lipinski definition) is 0. The van der Waals surface area contributed by atoms with Gasteiger partial charge >= 0.3 is 5.88 Å². The molecular weight excluding hydrogens is 392 g/mol. The summed E-state index contributed by atoms with van der Waals surface area (Å²) in [6.07, 6.45) is 3.09. The van der Waals surface area contributed by atoms with Crippen molar-refractivity contribution < 1.29 is 18.6 Å². The summed E-state index contributed by atoms with van der Waals surface area (Å²) in [5.41, 5.74) is 2.18. The predicted molar refractivity (Wildman–Crippen MR) is 116 cm³/mol. The average Bonchev–Trinajstić information content (AvgIpc) is 3.08. The molecule has 0 aliphatic heterocycles. The maximum atomic E-state index is 10.7. The van der Waals surface area contributed by atoms with Gasteiger partial charge < -0.3 is 13.6 Å². The highest BCUT2D eigenvalue weighted by Gasteiger charge is 2.20. The number of ether oxygens (including phenoxy) is 1. The lowest BCUT2D eigenvalue weighted by atomic mass is 10.0. The van der Waals surface area contributed by atoms with Crippen molar-refractivity contribution in [1.29, 1.82) is 0 Å². The van der Waals surface area contributed by atoms with Gasteiger partial charge in [0, 0.05) is 5.02 Å². The summed E-state index contributed by atoms with van der Waals surface area (Å²) in [5.74, 6) is 1.73. The molecule has 0 fully saturated rings. The van der Waals surface area contributed by atoms with Crippen LogP contribution in [0, 0.1) is 17.0 Å². The van der Waals surface area contributed by atoms with Crippen molar-refractivity contribution in [1.82, 2.24) is 0 Å². The van der Waals surface area contributed by atoms with E-state index in [0.717, 1.165) is 52.2 Å². The Morgan fingerprint density at radius 2 is 1.93 bits per heavy atom. The number of benzene rings is 1. The minimum Gasteiger partial charge on any atom is -0.493 e. The maximum Gasteiger partial charge on any atom is 0.433 e. The molecule has 29 heavy (non-hydrogen) atoms. The van der Waals surface area contributed by atoms with Gasteiger partial charge in [0.25, 0.3) is 0 Å². The van der Waals surface area contributed by atoms with E-state index in [4.69, 9.17) is 20.8 Å². The van der Waals surface area contributed by atoms with Crippen LogP contribution in [0.1, 0.15) is 55.9 Å². The van der Waals surface area contributed by atoms with Gasteiger partial charge in [-0.05, 0) is 61.4 Å². The summed E-state index contributed by atoms with van der Waals surface area (Å²) in [5, 5.41) is 11.5. The zero-order chi connectivity index (χ0) is 21.6. The number of nitrogens with zero attached hydrogens (tertiary/aromatic N) is 2. The van der Waals surface area contributed by atoms with Gasteiger partial charge in [-0.25, -0.2) is 0 Å². The second kappa shape index (κ2) is 10.1. The first-order valence-corrected chi connectivity index (χ1v) is 10.4. The number of furan rings is 1. The van der Waals surface area contributed by atoms with Crippen molar-refractivity contribution in [3.8, 4) is 5.75 Å². The minimum absolute atomic E-state index is 0.199. The fourth-order valence-corrected chi connectivity index (χ4v) is 3.47. The first-order valence-electron chi connectivity index (χ1n) is 10.1. The molecule has 0 atom stereocenters. The van der Waals surface area contributed by atoms with E-state index in [0.29, 0.717) is 24.8 Å². The van der Waals surface area contributed by atoms with Gasteiger partial charge in [-0.2, -0.15) is 0 Å². The Morgan fingerprint density at radius 1 is 1.21 bits per heavy atom. The molecule has 0 aliphatic carbocycles. The number of aryl methyl sites for hydroxylation is 1. The standard InChI is InChI=1S/C22H32ClN2O4/c1-16(2)19-14-20(23)17(3)13-21(19)28-12-8-6-7-11-25(4,5)15-18-9-10-22(29-18)24(26)27/h9-10,13-14,16H,6-8,11-12,15H2,1-5H3/q+1. The third-order valence-corrected chi connectivity index (χ3v) is 5.40. The van der Waals surface area contributed by atoms with Gasteiger partial charge in [0.05, 0.1) is 33.3 Å². The largest absolute Gasteiger partial charge is 0.493 e. The molecule has 0 unspecified atom stereocenters. The van der Waals surface area contributed by atoms with Crippen LogP contribution in [-0.4, -0.2) is 36.7 Å². The van der Waals surface area contributed by atoms with Crippen molar-refractivity contribution in [2.75, 3.05) is 27.2 Å². The summed E-state index contributed by atoms with van der Waals surface area (Å²) < 4.78 is 12.0. The normalized spacial score (nSPS) is 11.8.